The van der Waals surface area contributed by atoms with Gasteiger partial charge < -0.3 is 5.11 Å². The summed E-state index contributed by atoms with van der Waals surface area (Å²) in [6.07, 6.45) is 1.52. The second kappa shape index (κ2) is 4.33. The number of carbonyl (C=O) groups excluding carboxylic acids is 1. The molecule has 0 saturated heterocycles. The van der Waals surface area contributed by atoms with Crippen LogP contribution in [0.25, 0.3) is 0 Å². The number of rotatable bonds is 2. The molecule has 4 heteroatoms. The van der Waals surface area contributed by atoms with Crippen molar-refractivity contribution >= 4 is 17.4 Å². The Labute approximate surface area is 97.3 Å². The second-order valence-corrected chi connectivity index (χ2v) is 3.58. The Morgan fingerprint density at radius 2 is 1.88 bits per heavy atom. The molecule has 0 amide bonds. The number of benzene rings is 1. The summed E-state index contributed by atoms with van der Waals surface area (Å²) < 4.78 is 0. The first kappa shape index (κ1) is 10.6. The molecule has 1 heterocycles. The summed E-state index contributed by atoms with van der Waals surface area (Å²) in [6.45, 7) is 0. The van der Waals surface area contributed by atoms with Crippen LogP contribution in [0.5, 0.6) is 5.75 Å². The van der Waals surface area contributed by atoms with Gasteiger partial charge in [-0.25, -0.2) is 4.98 Å². The minimum absolute atomic E-state index is 0.119. The highest BCUT2D eigenvalue weighted by molar-refractivity contribution is 6.33. The monoisotopic (exact) mass is 233 g/mol. The molecule has 80 valence electrons. The normalized spacial score (nSPS) is 10.1. The summed E-state index contributed by atoms with van der Waals surface area (Å²) in [6, 6.07) is 9.26. The van der Waals surface area contributed by atoms with Crippen molar-refractivity contribution in [2.24, 2.45) is 0 Å². The van der Waals surface area contributed by atoms with E-state index in [1.807, 2.05) is 0 Å². The summed E-state index contributed by atoms with van der Waals surface area (Å²) in [5.74, 6) is -0.0908. The second-order valence-electron chi connectivity index (χ2n) is 3.22. The summed E-state index contributed by atoms with van der Waals surface area (Å²) in [4.78, 5) is 15.8. The van der Waals surface area contributed by atoms with Crippen molar-refractivity contribution in [3.05, 3.63) is 58.9 Å². The number of hydrogen-bond acceptors (Lipinski definition) is 3. The van der Waals surface area contributed by atoms with Crippen molar-refractivity contribution in [1.82, 2.24) is 4.98 Å². The number of aromatic hydroxyl groups is 1. The number of ketones is 1. The molecule has 3 nitrogen and oxygen atoms in total. The lowest BCUT2D eigenvalue weighted by Crippen LogP contribution is -2.02. The maximum atomic E-state index is 12.0. The molecule has 0 unspecified atom stereocenters. The fourth-order valence-corrected chi connectivity index (χ4v) is 1.53. The SMILES string of the molecule is O=C(c1ccc(O)cc1)c1cccnc1Cl. The Kier molecular flexibility index (Phi) is 2.88. The zero-order chi connectivity index (χ0) is 11.5. The van der Waals surface area contributed by atoms with Gasteiger partial charge in [0.2, 0.25) is 0 Å². The lowest BCUT2D eigenvalue weighted by atomic mass is 10.1. The Balaban J connectivity index is 2.40. The summed E-state index contributed by atoms with van der Waals surface area (Å²) in [5, 5.41) is 9.29. The van der Waals surface area contributed by atoms with Crippen molar-refractivity contribution in [3.63, 3.8) is 0 Å². The van der Waals surface area contributed by atoms with Crippen LogP contribution in [0.4, 0.5) is 0 Å². The molecule has 0 radical (unpaired) electrons. The Morgan fingerprint density at radius 3 is 2.50 bits per heavy atom. The number of pyridine rings is 1. The van der Waals surface area contributed by atoms with E-state index >= 15 is 0 Å². The Hall–Kier alpha value is -1.87. The van der Waals surface area contributed by atoms with Crippen molar-refractivity contribution in [2.75, 3.05) is 0 Å². The number of nitrogens with zero attached hydrogens (tertiary/aromatic N) is 1. The van der Waals surface area contributed by atoms with Crippen LogP contribution in [0.15, 0.2) is 42.6 Å². The van der Waals surface area contributed by atoms with E-state index < -0.39 is 0 Å². The zero-order valence-electron chi connectivity index (χ0n) is 8.22. The molecule has 0 aliphatic heterocycles. The van der Waals surface area contributed by atoms with Crippen molar-refractivity contribution in [2.45, 2.75) is 0 Å². The summed E-state index contributed by atoms with van der Waals surface area (Å²) in [5.41, 5.74) is 0.822. The van der Waals surface area contributed by atoms with Gasteiger partial charge in [0.05, 0.1) is 5.56 Å². The number of hydrogen-bond donors (Lipinski definition) is 1. The van der Waals surface area contributed by atoms with E-state index in [4.69, 9.17) is 16.7 Å². The van der Waals surface area contributed by atoms with Crippen molar-refractivity contribution in [3.8, 4) is 5.75 Å². The van der Waals surface area contributed by atoms with Crippen molar-refractivity contribution < 1.29 is 9.90 Å². The number of carbonyl (C=O) groups is 1. The van der Waals surface area contributed by atoms with Gasteiger partial charge in [-0.15, -0.1) is 0 Å². The zero-order valence-corrected chi connectivity index (χ0v) is 8.98. The van der Waals surface area contributed by atoms with Crippen LogP contribution < -0.4 is 0 Å². The molecule has 0 spiro atoms. The molecule has 0 atom stereocenters. The minimum Gasteiger partial charge on any atom is -0.508 e. The largest absolute Gasteiger partial charge is 0.508 e. The molecule has 2 rings (SSSR count). The van der Waals surface area contributed by atoms with Gasteiger partial charge in [-0.05, 0) is 36.4 Å². The van der Waals surface area contributed by atoms with Crippen LogP contribution in [0.3, 0.4) is 0 Å². The van der Waals surface area contributed by atoms with E-state index in [2.05, 4.69) is 4.98 Å². The molecule has 0 fully saturated rings. The predicted molar refractivity (Wildman–Crippen MR) is 60.8 cm³/mol. The van der Waals surface area contributed by atoms with Crippen molar-refractivity contribution in [1.29, 1.82) is 0 Å². The fraction of sp³-hybridized carbons (Fsp3) is 0. The molecule has 1 aromatic carbocycles. The minimum atomic E-state index is -0.210. The average Bonchev–Trinajstić information content (AvgIpc) is 2.30. The first-order valence-electron chi connectivity index (χ1n) is 4.63. The molecule has 1 aromatic heterocycles. The van der Waals surface area contributed by atoms with Gasteiger partial charge >= 0.3 is 0 Å². The smallest absolute Gasteiger partial charge is 0.196 e. The van der Waals surface area contributed by atoms with Crippen LogP contribution in [-0.4, -0.2) is 15.9 Å². The maximum Gasteiger partial charge on any atom is 0.196 e. The van der Waals surface area contributed by atoms with E-state index in [0.717, 1.165) is 0 Å². The fourth-order valence-electron chi connectivity index (χ4n) is 1.32. The molecule has 16 heavy (non-hydrogen) atoms. The van der Waals surface area contributed by atoms with Crippen LogP contribution in [0, 0.1) is 0 Å². The van der Waals surface area contributed by atoms with Crippen LogP contribution in [0.1, 0.15) is 15.9 Å². The highest BCUT2D eigenvalue weighted by Gasteiger charge is 2.12. The molecule has 0 aliphatic carbocycles. The molecule has 0 saturated carbocycles. The average molecular weight is 234 g/mol. The molecule has 0 aliphatic rings. The highest BCUT2D eigenvalue weighted by atomic mass is 35.5. The molecule has 2 aromatic rings. The van der Waals surface area contributed by atoms with Gasteiger partial charge in [-0.2, -0.15) is 0 Å². The first-order chi connectivity index (χ1) is 7.68. The standard InChI is InChI=1S/C12H8ClNO2/c13-12-10(2-1-7-14-12)11(16)8-3-5-9(15)6-4-8/h1-7,15H. The van der Waals surface area contributed by atoms with Crippen LogP contribution in [0.2, 0.25) is 5.15 Å². The third kappa shape index (κ3) is 2.04. The lowest BCUT2D eigenvalue weighted by Gasteiger charge is -2.02. The Morgan fingerprint density at radius 1 is 1.19 bits per heavy atom. The van der Waals surface area contributed by atoms with Gasteiger partial charge in [0.15, 0.2) is 5.78 Å². The third-order valence-electron chi connectivity index (χ3n) is 2.13. The third-order valence-corrected chi connectivity index (χ3v) is 2.43. The summed E-state index contributed by atoms with van der Waals surface area (Å²) in [7, 11) is 0. The quantitative estimate of drug-likeness (QED) is 0.641. The molecular weight excluding hydrogens is 226 g/mol. The van der Waals surface area contributed by atoms with Crippen LogP contribution in [-0.2, 0) is 0 Å². The lowest BCUT2D eigenvalue weighted by molar-refractivity contribution is 0.103. The van der Waals surface area contributed by atoms with Gasteiger partial charge in [0, 0.05) is 11.8 Å². The highest BCUT2D eigenvalue weighted by Crippen LogP contribution is 2.18. The van der Waals surface area contributed by atoms with E-state index in [-0.39, 0.29) is 16.7 Å². The van der Waals surface area contributed by atoms with E-state index in [0.29, 0.717) is 11.1 Å². The topological polar surface area (TPSA) is 50.2 Å². The predicted octanol–water partition coefficient (Wildman–Crippen LogP) is 2.67. The van der Waals surface area contributed by atoms with Crippen LogP contribution >= 0.6 is 11.6 Å². The van der Waals surface area contributed by atoms with Gasteiger partial charge in [0.25, 0.3) is 0 Å². The Bertz CT molecular complexity index is 523. The molecular formula is C12H8ClNO2. The molecule has 1 N–H and O–H groups in total. The number of phenols is 1. The van der Waals surface area contributed by atoms with E-state index in [9.17, 15) is 4.79 Å². The van der Waals surface area contributed by atoms with Gasteiger partial charge in [0.1, 0.15) is 10.9 Å². The van der Waals surface area contributed by atoms with E-state index in [1.54, 1.807) is 24.3 Å². The molecule has 0 bridgehead atoms. The van der Waals surface area contributed by atoms with Gasteiger partial charge in [-0.3, -0.25) is 4.79 Å². The number of halogens is 1. The first-order valence-corrected chi connectivity index (χ1v) is 5.00. The number of aromatic nitrogens is 1. The number of phenolic OH excluding ortho intramolecular Hbond substituents is 1. The van der Waals surface area contributed by atoms with Gasteiger partial charge in [-0.1, -0.05) is 11.6 Å². The maximum absolute atomic E-state index is 12.0. The van der Waals surface area contributed by atoms with E-state index in [1.165, 1.54) is 18.3 Å². The summed E-state index contributed by atoms with van der Waals surface area (Å²) >= 11 is 5.82.